The van der Waals surface area contributed by atoms with Crippen molar-refractivity contribution in [2.75, 3.05) is 11.9 Å². The van der Waals surface area contributed by atoms with E-state index >= 15 is 0 Å². The van der Waals surface area contributed by atoms with Gasteiger partial charge in [-0.25, -0.2) is 4.99 Å². The molecule has 2 aromatic carbocycles. The Hall–Kier alpha value is -3.02. The van der Waals surface area contributed by atoms with Crippen LogP contribution in [-0.2, 0) is 6.54 Å². The number of carbonyl (C=O) groups excluding carboxylic acids is 1. The molecule has 5 N–H and O–H groups in total. The van der Waals surface area contributed by atoms with E-state index in [1.54, 1.807) is 18.2 Å². The van der Waals surface area contributed by atoms with Crippen LogP contribution in [0, 0.1) is 5.92 Å². The predicted molar refractivity (Wildman–Crippen MR) is 112 cm³/mol. The summed E-state index contributed by atoms with van der Waals surface area (Å²) in [6.07, 6.45) is 6.16. The van der Waals surface area contributed by atoms with E-state index in [9.17, 15) is 4.79 Å². The van der Waals surface area contributed by atoms with Gasteiger partial charge >= 0.3 is 0 Å². The third-order valence-corrected chi connectivity index (χ3v) is 5.00. The van der Waals surface area contributed by atoms with Gasteiger partial charge in [0.15, 0.2) is 5.96 Å². The van der Waals surface area contributed by atoms with Crippen molar-refractivity contribution in [1.82, 2.24) is 0 Å². The second-order valence-electron chi connectivity index (χ2n) is 7.20. The number of amides is 1. The molecule has 1 fully saturated rings. The fourth-order valence-corrected chi connectivity index (χ4v) is 3.40. The first-order chi connectivity index (χ1) is 13.6. The average Bonchev–Trinajstić information content (AvgIpc) is 2.73. The van der Waals surface area contributed by atoms with Gasteiger partial charge in [0.1, 0.15) is 5.75 Å². The number of benzene rings is 2. The minimum absolute atomic E-state index is 0.290. The lowest BCUT2D eigenvalue weighted by atomic mass is 9.90. The molecule has 1 aliphatic rings. The smallest absolute Gasteiger partial charge is 0.248 e. The predicted octanol–water partition coefficient (Wildman–Crippen LogP) is 3.67. The van der Waals surface area contributed by atoms with Crippen molar-refractivity contribution in [2.45, 2.75) is 38.6 Å². The minimum atomic E-state index is -0.486. The zero-order valence-corrected chi connectivity index (χ0v) is 16.1. The SMILES string of the molecule is NC(=O)c1ccc(NC(N)=NCc2ccccc2)c(OCC2CCCCC2)c1. The first kappa shape index (κ1) is 19.7. The highest BCUT2D eigenvalue weighted by atomic mass is 16.5. The summed E-state index contributed by atoms with van der Waals surface area (Å²) in [6.45, 7) is 1.11. The van der Waals surface area contributed by atoms with Gasteiger partial charge in [0.2, 0.25) is 5.91 Å². The first-order valence-corrected chi connectivity index (χ1v) is 9.79. The molecule has 0 aromatic heterocycles. The molecule has 1 amide bonds. The largest absolute Gasteiger partial charge is 0.491 e. The number of nitrogens with one attached hydrogen (secondary N) is 1. The van der Waals surface area contributed by atoms with Gasteiger partial charge in [-0.1, -0.05) is 49.6 Å². The molecule has 28 heavy (non-hydrogen) atoms. The summed E-state index contributed by atoms with van der Waals surface area (Å²) in [5.74, 6) is 0.917. The van der Waals surface area contributed by atoms with E-state index in [2.05, 4.69) is 10.3 Å². The molecular weight excluding hydrogens is 352 g/mol. The van der Waals surface area contributed by atoms with Gasteiger partial charge in [-0.15, -0.1) is 0 Å². The summed E-state index contributed by atoms with van der Waals surface area (Å²) >= 11 is 0. The number of hydrogen-bond donors (Lipinski definition) is 3. The highest BCUT2D eigenvalue weighted by molar-refractivity contribution is 5.97. The Labute approximate surface area is 166 Å². The molecule has 148 valence electrons. The van der Waals surface area contributed by atoms with Crippen molar-refractivity contribution in [1.29, 1.82) is 0 Å². The molecule has 0 bridgehead atoms. The molecule has 0 saturated heterocycles. The van der Waals surface area contributed by atoms with Crippen LogP contribution in [0.3, 0.4) is 0 Å². The van der Waals surface area contributed by atoms with Gasteiger partial charge in [0.05, 0.1) is 18.8 Å². The number of carbonyl (C=O) groups is 1. The van der Waals surface area contributed by atoms with Crippen LogP contribution in [0.2, 0.25) is 0 Å². The number of guanidine groups is 1. The summed E-state index contributed by atoms with van der Waals surface area (Å²) in [4.78, 5) is 15.9. The highest BCUT2D eigenvalue weighted by Crippen LogP contribution is 2.29. The topological polar surface area (TPSA) is 103 Å². The number of nitrogens with zero attached hydrogens (tertiary/aromatic N) is 1. The standard InChI is InChI=1S/C22H28N4O2/c23-21(27)18-11-12-19(20(13-18)28-15-17-9-5-2-6-10-17)26-22(24)25-14-16-7-3-1-4-8-16/h1,3-4,7-8,11-13,17H,2,5-6,9-10,14-15H2,(H2,23,27)(H3,24,25,26). The van der Waals surface area contributed by atoms with Crippen LogP contribution in [0.25, 0.3) is 0 Å². The van der Waals surface area contributed by atoms with Crippen LogP contribution in [0.4, 0.5) is 5.69 Å². The lowest BCUT2D eigenvalue weighted by Crippen LogP contribution is -2.24. The van der Waals surface area contributed by atoms with Gasteiger partial charge in [-0.05, 0) is 42.5 Å². The summed E-state index contributed by atoms with van der Waals surface area (Å²) in [5, 5.41) is 3.09. The fraction of sp³-hybridized carbons (Fsp3) is 0.364. The zero-order chi connectivity index (χ0) is 19.8. The normalized spacial score (nSPS) is 15.2. The van der Waals surface area contributed by atoms with Gasteiger partial charge in [0, 0.05) is 5.56 Å². The quantitative estimate of drug-likeness (QED) is 0.504. The van der Waals surface area contributed by atoms with Gasteiger partial charge in [-0.2, -0.15) is 0 Å². The van der Waals surface area contributed by atoms with Gasteiger partial charge in [0.25, 0.3) is 0 Å². The Morgan fingerprint density at radius 3 is 2.54 bits per heavy atom. The molecular formula is C22H28N4O2. The second-order valence-corrected chi connectivity index (χ2v) is 7.20. The molecule has 6 heteroatoms. The van der Waals surface area contributed by atoms with E-state index in [0.29, 0.717) is 36.1 Å². The number of hydrogen-bond acceptors (Lipinski definition) is 3. The van der Waals surface area contributed by atoms with E-state index in [0.717, 1.165) is 5.56 Å². The lowest BCUT2D eigenvalue weighted by Gasteiger charge is -2.22. The third-order valence-electron chi connectivity index (χ3n) is 5.00. The molecule has 6 nitrogen and oxygen atoms in total. The maximum absolute atomic E-state index is 11.5. The van der Waals surface area contributed by atoms with Crippen molar-refractivity contribution in [2.24, 2.45) is 22.4 Å². The van der Waals surface area contributed by atoms with Crippen LogP contribution < -0.4 is 21.5 Å². The van der Waals surface area contributed by atoms with Crippen LogP contribution in [-0.4, -0.2) is 18.5 Å². The third kappa shape index (κ3) is 5.74. The van der Waals surface area contributed by atoms with Crippen LogP contribution in [0.15, 0.2) is 53.5 Å². The van der Waals surface area contributed by atoms with Crippen molar-refractivity contribution in [3.63, 3.8) is 0 Å². The number of anilines is 1. The molecule has 3 rings (SSSR count). The maximum Gasteiger partial charge on any atom is 0.248 e. The molecule has 0 spiro atoms. The second kappa shape index (κ2) is 9.78. The Morgan fingerprint density at radius 1 is 1.07 bits per heavy atom. The Morgan fingerprint density at radius 2 is 1.82 bits per heavy atom. The molecule has 1 aliphatic carbocycles. The van der Waals surface area contributed by atoms with Crippen molar-refractivity contribution in [3.8, 4) is 5.75 Å². The van der Waals surface area contributed by atoms with E-state index in [1.807, 2.05) is 30.3 Å². The Kier molecular flexibility index (Phi) is 6.89. The maximum atomic E-state index is 11.5. The van der Waals surface area contributed by atoms with E-state index in [4.69, 9.17) is 16.2 Å². The molecule has 0 unspecified atom stereocenters. The number of nitrogens with two attached hydrogens (primary N) is 2. The first-order valence-electron chi connectivity index (χ1n) is 9.79. The lowest BCUT2D eigenvalue weighted by molar-refractivity contribution is 0.0999. The molecule has 2 aromatic rings. The molecule has 0 radical (unpaired) electrons. The van der Waals surface area contributed by atoms with Crippen molar-refractivity contribution >= 4 is 17.6 Å². The molecule has 1 saturated carbocycles. The Balaban J connectivity index is 1.70. The minimum Gasteiger partial charge on any atom is -0.491 e. The number of aliphatic imine (C=N–C) groups is 1. The van der Waals surface area contributed by atoms with Crippen LogP contribution in [0.1, 0.15) is 48.0 Å². The van der Waals surface area contributed by atoms with E-state index in [-0.39, 0.29) is 5.96 Å². The van der Waals surface area contributed by atoms with Gasteiger partial charge in [-0.3, -0.25) is 4.79 Å². The molecule has 0 heterocycles. The fourth-order valence-electron chi connectivity index (χ4n) is 3.40. The molecule has 0 atom stereocenters. The number of primary amides is 1. The van der Waals surface area contributed by atoms with Crippen LogP contribution in [0.5, 0.6) is 5.75 Å². The number of rotatable bonds is 7. The molecule has 0 aliphatic heterocycles. The van der Waals surface area contributed by atoms with Gasteiger partial charge < -0.3 is 21.5 Å². The average molecular weight is 380 g/mol. The van der Waals surface area contributed by atoms with Crippen molar-refractivity contribution in [3.05, 3.63) is 59.7 Å². The summed E-state index contributed by atoms with van der Waals surface area (Å²) < 4.78 is 6.05. The van der Waals surface area contributed by atoms with E-state index in [1.165, 1.54) is 32.1 Å². The summed E-state index contributed by atoms with van der Waals surface area (Å²) in [6, 6.07) is 15.0. The highest BCUT2D eigenvalue weighted by Gasteiger charge is 2.16. The summed E-state index contributed by atoms with van der Waals surface area (Å²) in [5.41, 5.74) is 13.6. The van der Waals surface area contributed by atoms with Crippen LogP contribution >= 0.6 is 0 Å². The Bertz CT molecular complexity index is 815. The zero-order valence-electron chi connectivity index (χ0n) is 16.1. The van der Waals surface area contributed by atoms with Crippen molar-refractivity contribution < 1.29 is 9.53 Å². The number of ether oxygens (including phenoxy) is 1. The van der Waals surface area contributed by atoms with E-state index < -0.39 is 5.91 Å². The monoisotopic (exact) mass is 380 g/mol. The summed E-state index contributed by atoms with van der Waals surface area (Å²) in [7, 11) is 0.